The maximum absolute atomic E-state index is 12.3. The summed E-state index contributed by atoms with van der Waals surface area (Å²) < 4.78 is 0. The Bertz CT molecular complexity index is 851. The van der Waals surface area contributed by atoms with Gasteiger partial charge in [0.25, 0.3) is 5.91 Å². The molecule has 1 aliphatic rings. The van der Waals surface area contributed by atoms with Gasteiger partial charge in [0.1, 0.15) is 0 Å². The summed E-state index contributed by atoms with van der Waals surface area (Å²) in [5, 5.41) is 6.97. The zero-order chi connectivity index (χ0) is 20.6. The molecule has 1 fully saturated rings. The van der Waals surface area contributed by atoms with E-state index in [2.05, 4.69) is 15.8 Å². The van der Waals surface area contributed by atoms with Crippen LogP contribution in [0.2, 0.25) is 0 Å². The summed E-state index contributed by atoms with van der Waals surface area (Å²) in [6, 6.07) is 14.7. The number of nitrogens with one attached hydrogen (secondary N) is 2. The predicted octanol–water partition coefficient (Wildman–Crippen LogP) is 4.04. The van der Waals surface area contributed by atoms with E-state index in [9.17, 15) is 9.59 Å². The van der Waals surface area contributed by atoms with Crippen LogP contribution in [0.25, 0.3) is 0 Å². The Morgan fingerprint density at radius 1 is 0.966 bits per heavy atom. The molecule has 152 valence electrons. The zero-order valence-electron chi connectivity index (χ0n) is 17.0. The second-order valence-electron chi connectivity index (χ2n) is 7.59. The molecule has 6 heteroatoms. The van der Waals surface area contributed by atoms with E-state index in [0.29, 0.717) is 11.3 Å². The van der Waals surface area contributed by atoms with Gasteiger partial charge >= 0.3 is 0 Å². The van der Waals surface area contributed by atoms with E-state index in [1.807, 2.05) is 43.3 Å². The number of rotatable bonds is 6. The molecule has 0 aromatic heterocycles. The largest absolute Gasteiger partial charge is 0.378 e. The first-order valence-electron chi connectivity index (χ1n) is 10.0. The zero-order valence-corrected chi connectivity index (χ0v) is 17.0. The predicted molar refractivity (Wildman–Crippen MR) is 117 cm³/mol. The molecule has 0 aliphatic heterocycles. The van der Waals surface area contributed by atoms with E-state index in [0.717, 1.165) is 36.9 Å². The van der Waals surface area contributed by atoms with E-state index in [4.69, 9.17) is 0 Å². The molecular formula is C23H28N4O2. The van der Waals surface area contributed by atoms with E-state index < -0.39 is 0 Å². The van der Waals surface area contributed by atoms with E-state index >= 15 is 0 Å². The van der Waals surface area contributed by atoms with Gasteiger partial charge in [0, 0.05) is 37.0 Å². The van der Waals surface area contributed by atoms with Crippen molar-refractivity contribution in [2.45, 2.75) is 32.1 Å². The highest BCUT2D eigenvalue weighted by molar-refractivity contribution is 5.96. The maximum atomic E-state index is 12.3. The lowest BCUT2D eigenvalue weighted by atomic mass is 9.88. The van der Waals surface area contributed by atoms with Crippen molar-refractivity contribution in [1.82, 2.24) is 5.43 Å². The molecular weight excluding hydrogens is 364 g/mol. The summed E-state index contributed by atoms with van der Waals surface area (Å²) in [7, 11) is 3.96. The van der Waals surface area contributed by atoms with Gasteiger partial charge < -0.3 is 10.2 Å². The molecule has 1 aliphatic carbocycles. The average Bonchev–Trinajstić information content (AvgIpc) is 2.75. The van der Waals surface area contributed by atoms with E-state index in [-0.39, 0.29) is 17.7 Å². The summed E-state index contributed by atoms with van der Waals surface area (Å²) in [5.41, 5.74) is 5.72. The Kier molecular flexibility index (Phi) is 7.00. The first-order valence-corrected chi connectivity index (χ1v) is 10.0. The number of hydrogen-bond donors (Lipinski definition) is 2. The Labute approximate surface area is 172 Å². The summed E-state index contributed by atoms with van der Waals surface area (Å²) in [6.07, 6.45) is 6.99. The minimum Gasteiger partial charge on any atom is -0.378 e. The minimum absolute atomic E-state index is 0.0757. The Hall–Kier alpha value is -3.15. The third-order valence-corrected chi connectivity index (χ3v) is 5.18. The standard InChI is InChI=1S/C23H28N4O2/c1-27(2)21-14-8-17(9-15-21)16-24-26-23(29)19-10-12-20(13-11-19)25-22(28)18-6-4-3-5-7-18/h8-16,18H,3-7H2,1-2H3,(H,25,28)(H,26,29). The van der Waals surface area contributed by atoms with E-state index in [1.54, 1.807) is 30.5 Å². The molecule has 0 atom stereocenters. The molecule has 0 radical (unpaired) electrons. The van der Waals surface area contributed by atoms with Gasteiger partial charge in [-0.15, -0.1) is 0 Å². The lowest BCUT2D eigenvalue weighted by Crippen LogP contribution is -2.24. The molecule has 3 rings (SSSR count). The van der Waals surface area contributed by atoms with Gasteiger partial charge in [-0.2, -0.15) is 5.10 Å². The summed E-state index contributed by atoms with van der Waals surface area (Å²) in [4.78, 5) is 26.6. The van der Waals surface area contributed by atoms with Gasteiger partial charge in [-0.3, -0.25) is 9.59 Å². The lowest BCUT2D eigenvalue weighted by Gasteiger charge is -2.20. The highest BCUT2D eigenvalue weighted by Crippen LogP contribution is 2.25. The van der Waals surface area contributed by atoms with Crippen molar-refractivity contribution in [2.75, 3.05) is 24.3 Å². The van der Waals surface area contributed by atoms with Crippen molar-refractivity contribution < 1.29 is 9.59 Å². The second-order valence-corrected chi connectivity index (χ2v) is 7.59. The Balaban J connectivity index is 1.51. The molecule has 2 amide bonds. The molecule has 0 bridgehead atoms. The van der Waals surface area contributed by atoms with Crippen LogP contribution in [0.3, 0.4) is 0 Å². The van der Waals surface area contributed by atoms with Crippen molar-refractivity contribution >= 4 is 29.4 Å². The monoisotopic (exact) mass is 392 g/mol. The summed E-state index contributed by atoms with van der Waals surface area (Å²) in [5.74, 6) is -0.115. The fraction of sp³-hybridized carbons (Fsp3) is 0.348. The number of amides is 2. The quantitative estimate of drug-likeness (QED) is 0.576. The first-order chi connectivity index (χ1) is 14.0. The second kappa shape index (κ2) is 9.87. The smallest absolute Gasteiger partial charge is 0.271 e. The van der Waals surface area contributed by atoms with Crippen LogP contribution in [-0.4, -0.2) is 32.1 Å². The molecule has 0 spiro atoms. The van der Waals surface area contributed by atoms with Gasteiger partial charge in [0.15, 0.2) is 0 Å². The number of benzene rings is 2. The topological polar surface area (TPSA) is 73.8 Å². The first kappa shape index (κ1) is 20.6. The third-order valence-electron chi connectivity index (χ3n) is 5.18. The van der Waals surface area contributed by atoms with Gasteiger partial charge in [-0.25, -0.2) is 5.43 Å². The number of hydrogen-bond acceptors (Lipinski definition) is 4. The van der Waals surface area contributed by atoms with E-state index in [1.165, 1.54) is 6.42 Å². The minimum atomic E-state index is -0.295. The lowest BCUT2D eigenvalue weighted by molar-refractivity contribution is -0.120. The highest BCUT2D eigenvalue weighted by Gasteiger charge is 2.21. The fourth-order valence-electron chi connectivity index (χ4n) is 3.40. The van der Waals surface area contributed by atoms with Crippen molar-refractivity contribution in [3.8, 4) is 0 Å². The number of anilines is 2. The van der Waals surface area contributed by atoms with Crippen molar-refractivity contribution in [1.29, 1.82) is 0 Å². The van der Waals surface area contributed by atoms with Crippen LogP contribution < -0.4 is 15.6 Å². The van der Waals surface area contributed by atoms with Crippen molar-refractivity contribution in [3.63, 3.8) is 0 Å². The maximum Gasteiger partial charge on any atom is 0.271 e. The molecule has 0 unspecified atom stereocenters. The molecule has 2 N–H and O–H groups in total. The number of hydrazone groups is 1. The average molecular weight is 393 g/mol. The fourth-order valence-corrected chi connectivity index (χ4v) is 3.40. The SMILES string of the molecule is CN(C)c1ccc(C=NNC(=O)c2ccc(NC(=O)C3CCCCC3)cc2)cc1. The van der Waals surface area contributed by atoms with Crippen molar-refractivity contribution in [3.05, 3.63) is 59.7 Å². The number of carbonyl (C=O) groups is 2. The molecule has 2 aromatic carbocycles. The molecule has 2 aromatic rings. The normalized spacial score (nSPS) is 14.6. The van der Waals surface area contributed by atoms with Crippen LogP contribution in [0.15, 0.2) is 53.6 Å². The molecule has 6 nitrogen and oxygen atoms in total. The Morgan fingerprint density at radius 3 is 2.24 bits per heavy atom. The van der Waals surface area contributed by atoms with Crippen LogP contribution >= 0.6 is 0 Å². The molecule has 0 heterocycles. The van der Waals surface area contributed by atoms with Gasteiger partial charge in [0.2, 0.25) is 5.91 Å². The number of carbonyl (C=O) groups excluding carboxylic acids is 2. The summed E-state index contributed by atoms with van der Waals surface area (Å²) >= 11 is 0. The van der Waals surface area contributed by atoms with Crippen LogP contribution in [-0.2, 0) is 4.79 Å². The van der Waals surface area contributed by atoms with Crippen molar-refractivity contribution in [2.24, 2.45) is 11.0 Å². The third kappa shape index (κ3) is 5.91. The van der Waals surface area contributed by atoms with Gasteiger partial charge in [-0.05, 0) is 54.8 Å². The molecule has 29 heavy (non-hydrogen) atoms. The summed E-state index contributed by atoms with van der Waals surface area (Å²) in [6.45, 7) is 0. The highest BCUT2D eigenvalue weighted by atomic mass is 16.2. The van der Waals surface area contributed by atoms with Gasteiger partial charge in [-0.1, -0.05) is 31.4 Å². The molecule has 1 saturated carbocycles. The van der Waals surface area contributed by atoms with Crippen LogP contribution in [0.1, 0.15) is 48.0 Å². The van der Waals surface area contributed by atoms with Crippen LogP contribution in [0.5, 0.6) is 0 Å². The van der Waals surface area contributed by atoms with Crippen LogP contribution in [0.4, 0.5) is 11.4 Å². The number of nitrogens with zero attached hydrogens (tertiary/aromatic N) is 2. The molecule has 0 saturated heterocycles. The van der Waals surface area contributed by atoms with Gasteiger partial charge in [0.05, 0.1) is 6.21 Å². The Morgan fingerprint density at radius 2 is 1.62 bits per heavy atom. The van der Waals surface area contributed by atoms with Crippen LogP contribution in [0, 0.1) is 5.92 Å².